The van der Waals surface area contributed by atoms with Crippen LogP contribution in [0.2, 0.25) is 0 Å². The predicted octanol–water partition coefficient (Wildman–Crippen LogP) is 3.86. The number of benzene rings is 2. The Bertz CT molecular complexity index is 793. The van der Waals surface area contributed by atoms with Crippen molar-refractivity contribution >= 4 is 12.0 Å². The van der Waals surface area contributed by atoms with Gasteiger partial charge in [0.1, 0.15) is 0 Å². The minimum Gasteiger partial charge on any atom is -0.328 e. The number of nitrogens with zero attached hydrogens (tertiary/aromatic N) is 1. The summed E-state index contributed by atoms with van der Waals surface area (Å²) in [5.41, 5.74) is 12.0. The monoisotopic (exact) mass is 407 g/mol. The number of carbonyl (C=O) groups is 1. The second-order valence-electron chi connectivity index (χ2n) is 8.04. The van der Waals surface area contributed by atoms with Gasteiger partial charge in [0.25, 0.3) is 5.91 Å². The highest BCUT2D eigenvalue weighted by Gasteiger charge is 2.22. The molecule has 1 amide bonds. The van der Waals surface area contributed by atoms with Gasteiger partial charge in [-0.15, -0.1) is 0 Å². The Kier molecular flexibility index (Phi) is 8.63. The molecule has 1 aliphatic carbocycles. The van der Waals surface area contributed by atoms with E-state index < -0.39 is 0 Å². The first-order chi connectivity index (χ1) is 14.6. The van der Waals surface area contributed by atoms with Crippen LogP contribution in [0, 0.1) is 0 Å². The molecule has 5 heteroatoms. The van der Waals surface area contributed by atoms with Crippen LogP contribution in [0.5, 0.6) is 0 Å². The topological polar surface area (TPSA) is 67.6 Å². The van der Waals surface area contributed by atoms with Crippen molar-refractivity contribution in [2.75, 3.05) is 20.2 Å². The molecule has 2 aliphatic rings. The lowest BCUT2D eigenvalue weighted by atomic mass is 10.0. The molecule has 3 N–H and O–H groups in total. The molecule has 0 spiro atoms. The first-order valence-electron chi connectivity index (χ1n) is 10.8. The van der Waals surface area contributed by atoms with Crippen LogP contribution in [0.15, 0.2) is 60.7 Å². The Labute approximate surface area is 179 Å². The third-order valence-corrected chi connectivity index (χ3v) is 5.50. The van der Waals surface area contributed by atoms with Crippen molar-refractivity contribution in [2.24, 2.45) is 5.73 Å². The summed E-state index contributed by atoms with van der Waals surface area (Å²) in [6.45, 7) is 3.10. The molecule has 2 fully saturated rings. The van der Waals surface area contributed by atoms with Crippen LogP contribution in [0.25, 0.3) is 6.08 Å². The molecule has 0 radical (unpaired) electrons. The van der Waals surface area contributed by atoms with Crippen LogP contribution < -0.4 is 11.2 Å². The van der Waals surface area contributed by atoms with Crippen molar-refractivity contribution in [2.45, 2.75) is 44.2 Å². The maximum Gasteiger partial charge on any atom is 0.267 e. The summed E-state index contributed by atoms with van der Waals surface area (Å²) in [6.07, 6.45) is 8.18. The van der Waals surface area contributed by atoms with E-state index in [1.807, 2.05) is 12.1 Å². The quantitative estimate of drug-likeness (QED) is 0.564. The van der Waals surface area contributed by atoms with Gasteiger partial charge < -0.3 is 5.73 Å². The number of amides is 1. The first kappa shape index (κ1) is 22.2. The van der Waals surface area contributed by atoms with Crippen molar-refractivity contribution in [3.63, 3.8) is 0 Å². The molecule has 0 bridgehead atoms. The summed E-state index contributed by atoms with van der Waals surface area (Å²) in [6, 6.07) is 19.4. The lowest BCUT2D eigenvalue weighted by molar-refractivity contribution is -0.126. The largest absolute Gasteiger partial charge is 0.328 e. The van der Waals surface area contributed by atoms with Gasteiger partial charge in [-0.3, -0.25) is 14.5 Å². The van der Waals surface area contributed by atoms with E-state index in [4.69, 9.17) is 5.73 Å². The summed E-state index contributed by atoms with van der Waals surface area (Å²) >= 11 is 0. The summed E-state index contributed by atoms with van der Waals surface area (Å²) in [7, 11) is 1.41. The molecule has 4 rings (SSSR count). The third-order valence-electron chi connectivity index (χ3n) is 5.50. The fourth-order valence-electron chi connectivity index (χ4n) is 3.55. The zero-order chi connectivity index (χ0) is 21.2. The van der Waals surface area contributed by atoms with Crippen LogP contribution in [-0.2, 0) is 16.2 Å². The fourth-order valence-corrected chi connectivity index (χ4v) is 3.55. The maximum absolute atomic E-state index is 11.2. The number of hydrogen-bond donors (Lipinski definition) is 2. The van der Waals surface area contributed by atoms with Gasteiger partial charge in [0.15, 0.2) is 0 Å². The molecule has 1 heterocycles. The van der Waals surface area contributed by atoms with E-state index in [0.29, 0.717) is 6.04 Å². The smallest absolute Gasteiger partial charge is 0.267 e. The minimum absolute atomic E-state index is 0.272. The van der Waals surface area contributed by atoms with Gasteiger partial charge in [0.05, 0.1) is 7.11 Å². The molecular formula is C25H33N3O2. The van der Waals surface area contributed by atoms with E-state index in [9.17, 15) is 4.79 Å². The average Bonchev–Trinajstić information content (AvgIpc) is 3.62. The molecule has 0 unspecified atom stereocenters. The summed E-state index contributed by atoms with van der Waals surface area (Å²) in [5, 5.41) is 0. The zero-order valence-electron chi connectivity index (χ0n) is 17.8. The number of likely N-dealkylation sites (tertiary alicyclic amines) is 1. The number of nitrogens with two attached hydrogens (primary N) is 1. The van der Waals surface area contributed by atoms with Crippen LogP contribution >= 0.6 is 0 Å². The normalized spacial score (nSPS) is 17.4. The van der Waals surface area contributed by atoms with Crippen LogP contribution in [-0.4, -0.2) is 37.0 Å². The van der Waals surface area contributed by atoms with Crippen LogP contribution in [0.4, 0.5) is 0 Å². The lowest BCUT2D eigenvalue weighted by Gasteiger charge is -2.30. The van der Waals surface area contributed by atoms with E-state index in [1.165, 1.54) is 37.2 Å². The van der Waals surface area contributed by atoms with Gasteiger partial charge in [-0.05, 0) is 67.5 Å². The Morgan fingerprint density at radius 3 is 2.33 bits per heavy atom. The molecule has 0 atom stereocenters. The van der Waals surface area contributed by atoms with Gasteiger partial charge in [-0.2, -0.15) is 0 Å². The number of rotatable bonds is 6. The Balaban J connectivity index is 0.000000234. The van der Waals surface area contributed by atoms with Crippen molar-refractivity contribution < 1.29 is 9.63 Å². The minimum atomic E-state index is -0.272. The Morgan fingerprint density at radius 1 is 1.07 bits per heavy atom. The maximum atomic E-state index is 11.2. The molecule has 1 saturated heterocycles. The number of hydroxylamine groups is 1. The predicted molar refractivity (Wildman–Crippen MR) is 122 cm³/mol. The van der Waals surface area contributed by atoms with Crippen molar-refractivity contribution in [3.8, 4) is 0 Å². The van der Waals surface area contributed by atoms with E-state index >= 15 is 0 Å². The number of carbonyl (C=O) groups excluding carboxylic acids is 1. The summed E-state index contributed by atoms with van der Waals surface area (Å²) in [4.78, 5) is 18.2. The van der Waals surface area contributed by atoms with Gasteiger partial charge in [0.2, 0.25) is 0 Å². The highest BCUT2D eigenvalue weighted by atomic mass is 16.6. The summed E-state index contributed by atoms with van der Waals surface area (Å²) in [5.74, 6) is 0.637. The average molecular weight is 408 g/mol. The summed E-state index contributed by atoms with van der Waals surface area (Å²) < 4.78 is 0. The Hall–Kier alpha value is -2.47. The van der Waals surface area contributed by atoms with E-state index in [2.05, 4.69) is 57.7 Å². The molecule has 1 saturated carbocycles. The van der Waals surface area contributed by atoms with Crippen LogP contribution in [0.1, 0.15) is 48.3 Å². The molecule has 1 aliphatic heterocycles. The molecule has 0 aromatic heterocycles. The van der Waals surface area contributed by atoms with Gasteiger partial charge in [-0.25, -0.2) is 5.48 Å². The van der Waals surface area contributed by atoms with Crippen molar-refractivity contribution in [1.29, 1.82) is 0 Å². The van der Waals surface area contributed by atoms with Crippen molar-refractivity contribution in [3.05, 3.63) is 77.4 Å². The number of piperidine rings is 1. The molecular weight excluding hydrogens is 374 g/mol. The van der Waals surface area contributed by atoms with Gasteiger partial charge in [0, 0.05) is 18.7 Å². The molecule has 2 aromatic rings. The lowest BCUT2D eigenvalue weighted by Crippen LogP contribution is -2.39. The molecule has 30 heavy (non-hydrogen) atoms. The highest BCUT2D eigenvalue weighted by Crippen LogP contribution is 2.39. The number of hydrogen-bond acceptors (Lipinski definition) is 4. The van der Waals surface area contributed by atoms with Gasteiger partial charge in [-0.1, -0.05) is 54.6 Å². The molecule has 160 valence electrons. The second kappa shape index (κ2) is 11.6. The van der Waals surface area contributed by atoms with E-state index in [-0.39, 0.29) is 5.91 Å². The fraction of sp³-hybridized carbons (Fsp3) is 0.400. The first-order valence-corrected chi connectivity index (χ1v) is 10.8. The number of nitrogens with one attached hydrogen (secondary N) is 1. The van der Waals surface area contributed by atoms with Crippen LogP contribution in [0.3, 0.4) is 0 Å². The highest BCUT2D eigenvalue weighted by molar-refractivity contribution is 5.90. The Morgan fingerprint density at radius 2 is 1.73 bits per heavy atom. The second-order valence-corrected chi connectivity index (χ2v) is 8.04. The van der Waals surface area contributed by atoms with Crippen molar-refractivity contribution in [1.82, 2.24) is 10.4 Å². The molecule has 2 aromatic carbocycles. The van der Waals surface area contributed by atoms with Gasteiger partial charge >= 0.3 is 0 Å². The zero-order valence-corrected chi connectivity index (χ0v) is 17.8. The standard InChI is InChI=1S/C16H23N3O2.C9H10/c1-21-18-16(20)7-6-13-2-4-14(5-3-13)12-19-10-8-15(17)9-11-19;1-2-4-8(5-3-1)9-6-7-9/h2-7,15H,8-12,17H2,1H3,(H,18,20);1-5,9H,6-7H2/b7-6+;. The third kappa shape index (κ3) is 7.75. The van der Waals surface area contributed by atoms with E-state index in [0.717, 1.165) is 44.0 Å². The van der Waals surface area contributed by atoms with E-state index in [1.54, 1.807) is 6.08 Å². The molecule has 5 nitrogen and oxygen atoms in total. The SMILES string of the molecule is CONC(=O)/C=C/c1ccc(CN2CCC(N)CC2)cc1.c1ccc(C2CC2)cc1.